The first-order chi connectivity index (χ1) is 9.02. The van der Waals surface area contributed by atoms with Crippen LogP contribution in [0.25, 0.3) is 0 Å². The minimum Gasteiger partial charge on any atom is -0.388 e. The van der Waals surface area contributed by atoms with E-state index in [9.17, 15) is 9.90 Å². The fourth-order valence-corrected chi connectivity index (χ4v) is 2.38. The molecule has 0 bridgehead atoms. The fourth-order valence-electron chi connectivity index (χ4n) is 2.38. The quantitative estimate of drug-likeness (QED) is 0.867. The number of likely N-dealkylation sites (tertiary alicyclic amines) is 1. The van der Waals surface area contributed by atoms with Crippen molar-refractivity contribution in [3.05, 3.63) is 24.0 Å². The third-order valence-corrected chi connectivity index (χ3v) is 3.33. The third-order valence-electron chi connectivity index (χ3n) is 3.33. The highest BCUT2D eigenvalue weighted by Gasteiger charge is 2.31. The number of β-amino-alcohol motifs (C(OH)–C–C–N with tert-alkyl or cyclic N) is 1. The van der Waals surface area contributed by atoms with Gasteiger partial charge in [-0.15, -0.1) is 0 Å². The topological polar surface area (TPSA) is 65.5 Å². The molecule has 1 saturated heterocycles. The first-order valence-corrected chi connectivity index (χ1v) is 6.73. The average Bonchev–Trinajstić information content (AvgIpc) is 2.38. The summed E-state index contributed by atoms with van der Waals surface area (Å²) in [6.45, 7) is 5.67. The predicted molar refractivity (Wildman–Crippen MR) is 74.2 cm³/mol. The number of anilines is 1. The first kappa shape index (κ1) is 13.8. The molecule has 0 spiro atoms. The van der Waals surface area contributed by atoms with Crippen LogP contribution in [-0.4, -0.2) is 46.1 Å². The van der Waals surface area contributed by atoms with Gasteiger partial charge in [0.2, 0.25) is 0 Å². The Morgan fingerprint density at radius 3 is 2.95 bits per heavy atom. The van der Waals surface area contributed by atoms with Gasteiger partial charge in [0.05, 0.1) is 17.5 Å². The largest absolute Gasteiger partial charge is 0.388 e. The molecule has 2 N–H and O–H groups in total. The van der Waals surface area contributed by atoms with Crippen LogP contribution in [0, 0.1) is 0 Å². The molecular formula is C14H21N3O2. The lowest BCUT2D eigenvalue weighted by atomic mass is 9.95. The first-order valence-electron chi connectivity index (χ1n) is 6.73. The number of pyridine rings is 1. The van der Waals surface area contributed by atoms with Crippen LogP contribution < -0.4 is 5.32 Å². The summed E-state index contributed by atoms with van der Waals surface area (Å²) in [6.07, 6.45) is 3.23. The van der Waals surface area contributed by atoms with E-state index in [1.807, 2.05) is 13.0 Å². The highest BCUT2D eigenvalue weighted by atomic mass is 16.3. The Morgan fingerprint density at radius 1 is 1.58 bits per heavy atom. The van der Waals surface area contributed by atoms with Crippen molar-refractivity contribution in [3.63, 3.8) is 0 Å². The van der Waals surface area contributed by atoms with Crippen molar-refractivity contribution in [1.82, 2.24) is 9.88 Å². The van der Waals surface area contributed by atoms with Gasteiger partial charge in [0, 0.05) is 19.6 Å². The van der Waals surface area contributed by atoms with Crippen molar-refractivity contribution in [2.45, 2.75) is 32.3 Å². The van der Waals surface area contributed by atoms with Gasteiger partial charge in [-0.3, -0.25) is 4.79 Å². The number of piperidine rings is 1. The van der Waals surface area contributed by atoms with Gasteiger partial charge in [-0.25, -0.2) is 4.98 Å². The monoisotopic (exact) mass is 263 g/mol. The van der Waals surface area contributed by atoms with Gasteiger partial charge in [0.1, 0.15) is 5.69 Å². The summed E-state index contributed by atoms with van der Waals surface area (Å²) < 4.78 is 0. The zero-order valence-electron chi connectivity index (χ0n) is 11.5. The van der Waals surface area contributed by atoms with Crippen LogP contribution in [0.1, 0.15) is 37.2 Å². The number of rotatable bonds is 3. The lowest BCUT2D eigenvalue weighted by Gasteiger charge is -2.36. The Kier molecular flexibility index (Phi) is 4.04. The van der Waals surface area contributed by atoms with Gasteiger partial charge in [-0.1, -0.05) is 0 Å². The van der Waals surface area contributed by atoms with Crippen molar-refractivity contribution < 1.29 is 9.90 Å². The maximum atomic E-state index is 12.3. The van der Waals surface area contributed by atoms with Crippen molar-refractivity contribution in [1.29, 1.82) is 0 Å². The molecule has 1 fully saturated rings. The molecule has 1 amide bonds. The molecule has 0 saturated carbocycles. The van der Waals surface area contributed by atoms with Crippen molar-refractivity contribution in [2.75, 3.05) is 25.0 Å². The van der Waals surface area contributed by atoms with Gasteiger partial charge >= 0.3 is 0 Å². The molecule has 0 aromatic carbocycles. The summed E-state index contributed by atoms with van der Waals surface area (Å²) in [6, 6.07) is 3.58. The summed E-state index contributed by atoms with van der Waals surface area (Å²) in [7, 11) is 0. The van der Waals surface area contributed by atoms with Gasteiger partial charge in [0.15, 0.2) is 0 Å². The van der Waals surface area contributed by atoms with Crippen LogP contribution in [0.4, 0.5) is 5.69 Å². The van der Waals surface area contributed by atoms with Crippen molar-refractivity contribution in [2.24, 2.45) is 0 Å². The Balaban J connectivity index is 2.06. The van der Waals surface area contributed by atoms with Crippen LogP contribution in [-0.2, 0) is 0 Å². The maximum Gasteiger partial charge on any atom is 0.272 e. The minimum absolute atomic E-state index is 0.108. The van der Waals surface area contributed by atoms with E-state index in [0.717, 1.165) is 25.1 Å². The lowest BCUT2D eigenvalue weighted by molar-refractivity contribution is -0.0109. The molecule has 1 unspecified atom stereocenters. The summed E-state index contributed by atoms with van der Waals surface area (Å²) in [5, 5.41) is 13.2. The number of carbonyl (C=O) groups is 1. The maximum absolute atomic E-state index is 12.3. The van der Waals surface area contributed by atoms with Crippen molar-refractivity contribution >= 4 is 11.6 Å². The molecule has 0 radical (unpaired) electrons. The molecule has 5 heteroatoms. The molecule has 19 heavy (non-hydrogen) atoms. The molecule has 2 heterocycles. The number of nitrogens with zero attached hydrogens (tertiary/aromatic N) is 2. The van der Waals surface area contributed by atoms with E-state index in [4.69, 9.17) is 0 Å². The van der Waals surface area contributed by atoms with E-state index < -0.39 is 5.60 Å². The zero-order valence-corrected chi connectivity index (χ0v) is 11.5. The molecule has 0 aliphatic carbocycles. The van der Waals surface area contributed by atoms with Gasteiger partial charge < -0.3 is 15.3 Å². The van der Waals surface area contributed by atoms with Crippen molar-refractivity contribution in [3.8, 4) is 0 Å². The third kappa shape index (κ3) is 3.44. The SMILES string of the molecule is CCNc1ccc(C(=O)N2CCCC(C)(O)C2)nc1. The standard InChI is InChI=1S/C14H21N3O2/c1-3-15-11-5-6-12(16-9-11)13(18)17-8-4-7-14(2,19)10-17/h5-6,9,15,19H,3-4,7-8,10H2,1-2H3. The Bertz CT molecular complexity index is 443. The fraction of sp³-hybridized carbons (Fsp3) is 0.571. The van der Waals surface area contributed by atoms with E-state index >= 15 is 0 Å². The van der Waals surface area contributed by atoms with Gasteiger partial charge in [-0.2, -0.15) is 0 Å². The number of aliphatic hydroxyl groups is 1. The lowest BCUT2D eigenvalue weighted by Crippen LogP contribution is -2.48. The number of aromatic nitrogens is 1. The van der Waals surface area contributed by atoms with Crippen LogP contribution in [0.2, 0.25) is 0 Å². The van der Waals surface area contributed by atoms with E-state index in [-0.39, 0.29) is 5.91 Å². The number of nitrogens with one attached hydrogen (secondary N) is 1. The predicted octanol–water partition coefficient (Wildman–Crippen LogP) is 1.50. The zero-order chi connectivity index (χ0) is 13.9. The Morgan fingerprint density at radius 2 is 2.37 bits per heavy atom. The van der Waals surface area contributed by atoms with E-state index in [2.05, 4.69) is 10.3 Å². The van der Waals surface area contributed by atoms with E-state index in [1.165, 1.54) is 0 Å². The molecule has 1 aliphatic rings. The second-order valence-electron chi connectivity index (χ2n) is 5.29. The number of hydrogen-bond acceptors (Lipinski definition) is 4. The second kappa shape index (κ2) is 5.57. The number of amides is 1. The van der Waals surface area contributed by atoms with E-state index in [0.29, 0.717) is 18.8 Å². The van der Waals surface area contributed by atoms with Crippen LogP contribution in [0.15, 0.2) is 18.3 Å². The number of carbonyl (C=O) groups excluding carboxylic acids is 1. The molecule has 1 aliphatic heterocycles. The summed E-state index contributed by atoms with van der Waals surface area (Å²) in [5.74, 6) is -0.108. The second-order valence-corrected chi connectivity index (χ2v) is 5.29. The van der Waals surface area contributed by atoms with E-state index in [1.54, 1.807) is 24.1 Å². The molecular weight excluding hydrogens is 242 g/mol. The minimum atomic E-state index is -0.780. The van der Waals surface area contributed by atoms with Crippen LogP contribution in [0.5, 0.6) is 0 Å². The Hall–Kier alpha value is -1.62. The molecule has 1 aromatic heterocycles. The summed E-state index contributed by atoms with van der Waals surface area (Å²) in [4.78, 5) is 18.2. The molecule has 1 aromatic rings. The van der Waals surface area contributed by atoms with Gasteiger partial charge in [0.25, 0.3) is 5.91 Å². The number of hydrogen-bond donors (Lipinski definition) is 2. The summed E-state index contributed by atoms with van der Waals surface area (Å²) >= 11 is 0. The smallest absolute Gasteiger partial charge is 0.272 e. The molecule has 104 valence electrons. The van der Waals surface area contributed by atoms with Crippen LogP contribution in [0.3, 0.4) is 0 Å². The highest BCUT2D eigenvalue weighted by Crippen LogP contribution is 2.21. The summed E-state index contributed by atoms with van der Waals surface area (Å²) in [5.41, 5.74) is 0.557. The normalized spacial score (nSPS) is 23.2. The van der Waals surface area contributed by atoms with Crippen LogP contribution >= 0.6 is 0 Å². The molecule has 1 atom stereocenters. The molecule has 2 rings (SSSR count). The molecule has 5 nitrogen and oxygen atoms in total. The van der Waals surface area contributed by atoms with Gasteiger partial charge in [-0.05, 0) is 38.8 Å². The Labute approximate surface area is 113 Å². The average molecular weight is 263 g/mol. The highest BCUT2D eigenvalue weighted by molar-refractivity contribution is 5.92.